The van der Waals surface area contributed by atoms with Gasteiger partial charge in [-0.2, -0.15) is 4.31 Å². The van der Waals surface area contributed by atoms with Crippen molar-refractivity contribution >= 4 is 38.1 Å². The van der Waals surface area contributed by atoms with Crippen molar-refractivity contribution in [2.24, 2.45) is 0 Å². The van der Waals surface area contributed by atoms with Crippen LogP contribution in [0.4, 0.5) is 0 Å². The number of H-pyrrole nitrogens is 1. The van der Waals surface area contributed by atoms with Crippen molar-refractivity contribution in [3.8, 4) is 0 Å². The second-order valence-electron chi connectivity index (χ2n) is 6.04. The number of aromatic nitrogens is 1. The van der Waals surface area contributed by atoms with Crippen molar-refractivity contribution in [1.29, 1.82) is 0 Å². The van der Waals surface area contributed by atoms with E-state index in [0.717, 1.165) is 11.1 Å². The van der Waals surface area contributed by atoms with Crippen LogP contribution >= 0.6 is 11.6 Å². The molecular formula is C19H17ClN2O2S. The Labute approximate surface area is 151 Å². The Kier molecular flexibility index (Phi) is 4.15. The molecular weight excluding hydrogens is 356 g/mol. The van der Waals surface area contributed by atoms with Crippen LogP contribution in [0.5, 0.6) is 0 Å². The molecule has 1 aliphatic rings. The molecule has 0 fully saturated rings. The first kappa shape index (κ1) is 16.4. The summed E-state index contributed by atoms with van der Waals surface area (Å²) < 4.78 is 27.0. The van der Waals surface area contributed by atoms with Gasteiger partial charge in [-0.1, -0.05) is 35.9 Å². The molecule has 0 saturated heterocycles. The predicted octanol–water partition coefficient (Wildman–Crippen LogP) is 4.30. The van der Waals surface area contributed by atoms with E-state index < -0.39 is 10.0 Å². The van der Waals surface area contributed by atoms with Crippen LogP contribution < -0.4 is 0 Å². The SMILES string of the molecule is O=S(=O)(c1ccc(Cl)cc1)N1CC=C(c2c[nH]c3ccccc23)CC1. The molecule has 1 N–H and O–H groups in total. The first-order chi connectivity index (χ1) is 12.1. The van der Waals surface area contributed by atoms with Gasteiger partial charge in [-0.15, -0.1) is 0 Å². The maximum atomic E-state index is 12.8. The van der Waals surface area contributed by atoms with Gasteiger partial charge in [-0.25, -0.2) is 8.42 Å². The first-order valence-corrected chi connectivity index (χ1v) is 9.89. The number of rotatable bonds is 3. The van der Waals surface area contributed by atoms with Gasteiger partial charge in [0.2, 0.25) is 10.0 Å². The number of para-hydroxylation sites is 1. The summed E-state index contributed by atoms with van der Waals surface area (Å²) in [7, 11) is -3.49. The maximum absolute atomic E-state index is 12.8. The molecule has 6 heteroatoms. The van der Waals surface area contributed by atoms with Crippen LogP contribution in [0.3, 0.4) is 0 Å². The van der Waals surface area contributed by atoms with Crippen LogP contribution in [0.2, 0.25) is 5.02 Å². The van der Waals surface area contributed by atoms with Crippen LogP contribution in [0, 0.1) is 0 Å². The summed E-state index contributed by atoms with van der Waals surface area (Å²) in [5, 5.41) is 1.70. The zero-order valence-corrected chi connectivity index (χ0v) is 15.0. The number of fused-ring (bicyclic) bond motifs is 1. The van der Waals surface area contributed by atoms with E-state index in [1.54, 1.807) is 24.3 Å². The van der Waals surface area contributed by atoms with Crippen LogP contribution in [-0.2, 0) is 10.0 Å². The van der Waals surface area contributed by atoms with Crippen LogP contribution in [0.15, 0.2) is 65.7 Å². The van der Waals surface area contributed by atoms with Gasteiger partial charge in [0.15, 0.2) is 0 Å². The minimum atomic E-state index is -3.49. The van der Waals surface area contributed by atoms with Gasteiger partial charge in [0.1, 0.15) is 0 Å². The fraction of sp³-hybridized carbons (Fsp3) is 0.158. The van der Waals surface area contributed by atoms with Gasteiger partial charge in [-0.3, -0.25) is 0 Å². The standard InChI is InChI=1S/C19H17ClN2O2S/c20-15-5-7-16(8-6-15)25(23,24)22-11-9-14(10-12-22)18-13-21-19-4-2-1-3-17(18)19/h1-9,13,21H,10-12H2. The molecule has 25 heavy (non-hydrogen) atoms. The normalized spacial score (nSPS) is 16.1. The molecule has 0 radical (unpaired) electrons. The lowest BCUT2D eigenvalue weighted by Gasteiger charge is -2.25. The van der Waals surface area contributed by atoms with Crippen molar-refractivity contribution in [3.05, 3.63) is 71.4 Å². The first-order valence-electron chi connectivity index (χ1n) is 8.07. The average molecular weight is 373 g/mol. The van der Waals surface area contributed by atoms with E-state index in [0.29, 0.717) is 24.5 Å². The third kappa shape index (κ3) is 2.99. The smallest absolute Gasteiger partial charge is 0.243 e. The van der Waals surface area contributed by atoms with Crippen molar-refractivity contribution in [1.82, 2.24) is 9.29 Å². The van der Waals surface area contributed by atoms with E-state index in [1.165, 1.54) is 15.3 Å². The minimum absolute atomic E-state index is 0.279. The predicted molar refractivity (Wildman–Crippen MR) is 101 cm³/mol. The molecule has 1 aliphatic heterocycles. The lowest BCUT2D eigenvalue weighted by Crippen LogP contribution is -2.34. The summed E-state index contributed by atoms with van der Waals surface area (Å²) in [5.74, 6) is 0. The Hall–Kier alpha value is -2.08. The van der Waals surface area contributed by atoms with Crippen molar-refractivity contribution < 1.29 is 8.42 Å². The quantitative estimate of drug-likeness (QED) is 0.745. The number of halogens is 1. The van der Waals surface area contributed by atoms with E-state index >= 15 is 0 Å². The average Bonchev–Trinajstić information content (AvgIpc) is 3.06. The zero-order chi connectivity index (χ0) is 17.4. The molecule has 0 amide bonds. The highest BCUT2D eigenvalue weighted by Crippen LogP contribution is 2.30. The highest BCUT2D eigenvalue weighted by Gasteiger charge is 2.26. The molecule has 0 unspecified atom stereocenters. The third-order valence-electron chi connectivity index (χ3n) is 4.56. The lowest BCUT2D eigenvalue weighted by atomic mass is 10.00. The Morgan fingerprint density at radius 1 is 1.04 bits per heavy atom. The maximum Gasteiger partial charge on any atom is 0.243 e. The lowest BCUT2D eigenvalue weighted by molar-refractivity contribution is 0.441. The van der Waals surface area contributed by atoms with Gasteiger partial charge in [0.25, 0.3) is 0 Å². The Morgan fingerprint density at radius 2 is 1.80 bits per heavy atom. The largest absolute Gasteiger partial charge is 0.361 e. The van der Waals surface area contributed by atoms with Gasteiger partial charge >= 0.3 is 0 Å². The van der Waals surface area contributed by atoms with Gasteiger partial charge < -0.3 is 4.98 Å². The Morgan fingerprint density at radius 3 is 2.52 bits per heavy atom. The molecule has 0 spiro atoms. The summed E-state index contributed by atoms with van der Waals surface area (Å²) in [6.07, 6.45) is 4.70. The molecule has 2 aromatic carbocycles. The fourth-order valence-electron chi connectivity index (χ4n) is 3.21. The van der Waals surface area contributed by atoms with E-state index in [4.69, 9.17) is 11.6 Å². The molecule has 0 aliphatic carbocycles. The highest BCUT2D eigenvalue weighted by molar-refractivity contribution is 7.89. The fourth-order valence-corrected chi connectivity index (χ4v) is 4.71. The summed E-state index contributed by atoms with van der Waals surface area (Å²) in [6, 6.07) is 14.4. The molecule has 2 heterocycles. The van der Waals surface area contributed by atoms with Crippen LogP contribution in [0.1, 0.15) is 12.0 Å². The molecule has 0 saturated carbocycles. The number of sulfonamides is 1. The van der Waals surface area contributed by atoms with Gasteiger partial charge in [-0.05, 0) is 42.3 Å². The molecule has 3 aromatic rings. The summed E-state index contributed by atoms with van der Waals surface area (Å²) in [5.41, 5.74) is 3.42. The minimum Gasteiger partial charge on any atom is -0.361 e. The van der Waals surface area contributed by atoms with Gasteiger partial charge in [0.05, 0.1) is 4.90 Å². The molecule has 0 bridgehead atoms. The second-order valence-corrected chi connectivity index (χ2v) is 8.42. The number of nitrogens with one attached hydrogen (secondary N) is 1. The third-order valence-corrected chi connectivity index (χ3v) is 6.69. The van der Waals surface area contributed by atoms with E-state index in [9.17, 15) is 8.42 Å². The van der Waals surface area contributed by atoms with E-state index in [2.05, 4.69) is 11.1 Å². The molecule has 4 rings (SSSR count). The number of hydrogen-bond donors (Lipinski definition) is 1. The molecule has 4 nitrogen and oxygen atoms in total. The van der Waals surface area contributed by atoms with E-state index in [-0.39, 0.29) is 4.90 Å². The van der Waals surface area contributed by atoms with Crippen LogP contribution in [0.25, 0.3) is 16.5 Å². The van der Waals surface area contributed by atoms with Gasteiger partial charge in [0, 0.05) is 40.8 Å². The monoisotopic (exact) mass is 372 g/mol. The zero-order valence-electron chi connectivity index (χ0n) is 13.4. The second kappa shape index (κ2) is 6.33. The topological polar surface area (TPSA) is 53.2 Å². The summed E-state index contributed by atoms with van der Waals surface area (Å²) in [6.45, 7) is 0.843. The summed E-state index contributed by atoms with van der Waals surface area (Å²) >= 11 is 5.85. The Bertz CT molecular complexity index is 1050. The van der Waals surface area contributed by atoms with Crippen molar-refractivity contribution in [2.75, 3.05) is 13.1 Å². The van der Waals surface area contributed by atoms with Crippen molar-refractivity contribution in [3.63, 3.8) is 0 Å². The van der Waals surface area contributed by atoms with Crippen LogP contribution in [-0.4, -0.2) is 30.8 Å². The molecule has 128 valence electrons. The number of benzene rings is 2. The number of nitrogens with zero attached hydrogens (tertiary/aromatic N) is 1. The van der Waals surface area contributed by atoms with E-state index in [1.807, 2.05) is 30.5 Å². The summed E-state index contributed by atoms with van der Waals surface area (Å²) in [4.78, 5) is 3.55. The molecule has 1 aromatic heterocycles. The number of aromatic amines is 1. The molecule has 0 atom stereocenters. The number of hydrogen-bond acceptors (Lipinski definition) is 2. The Balaban J connectivity index is 1.60. The van der Waals surface area contributed by atoms with Crippen molar-refractivity contribution in [2.45, 2.75) is 11.3 Å². The highest BCUT2D eigenvalue weighted by atomic mass is 35.5.